The number of halogens is 3. The van der Waals surface area contributed by atoms with Crippen molar-refractivity contribution in [3.05, 3.63) is 0 Å². The predicted octanol–water partition coefficient (Wildman–Crippen LogP) is 1.01. The highest BCUT2D eigenvalue weighted by Gasteiger charge is 2.43. The normalized spacial score (nSPS) is 22.9. The van der Waals surface area contributed by atoms with E-state index >= 15 is 0 Å². The lowest BCUT2D eigenvalue weighted by Gasteiger charge is -2.33. The lowest BCUT2D eigenvalue weighted by molar-refractivity contribution is -0.187. The van der Waals surface area contributed by atoms with Crippen LogP contribution in [0, 0.1) is 5.92 Å². The number of carbonyl (C=O) groups is 1. The molecule has 1 amide bonds. The van der Waals surface area contributed by atoms with Gasteiger partial charge >= 0.3 is 12.1 Å². The molecule has 6 heteroatoms. The molecule has 1 fully saturated rings. The molecule has 1 aliphatic heterocycles. The molecule has 0 spiro atoms. The topological polar surface area (TPSA) is 32.3 Å². The zero-order valence-corrected chi connectivity index (χ0v) is 8.60. The summed E-state index contributed by atoms with van der Waals surface area (Å²) >= 11 is 0. The van der Waals surface area contributed by atoms with Gasteiger partial charge < -0.3 is 10.2 Å². The van der Waals surface area contributed by atoms with Crippen LogP contribution in [-0.4, -0.2) is 43.7 Å². The zero-order valence-electron chi connectivity index (χ0n) is 8.60. The molecule has 0 aromatic rings. The van der Waals surface area contributed by atoms with Crippen LogP contribution in [-0.2, 0) is 4.79 Å². The molecule has 0 radical (unpaired) electrons. The summed E-state index contributed by atoms with van der Waals surface area (Å²) < 4.78 is 36.4. The van der Waals surface area contributed by atoms with Crippen molar-refractivity contribution in [2.24, 2.45) is 5.92 Å². The SMILES string of the molecule is CNCC1CCCN(C(=O)C(F)(F)F)C1. The van der Waals surface area contributed by atoms with Crippen molar-refractivity contribution in [3.8, 4) is 0 Å². The van der Waals surface area contributed by atoms with Crippen LogP contribution >= 0.6 is 0 Å². The quantitative estimate of drug-likeness (QED) is 0.759. The van der Waals surface area contributed by atoms with Crippen LogP contribution in [0.15, 0.2) is 0 Å². The van der Waals surface area contributed by atoms with Crippen LogP contribution in [0.5, 0.6) is 0 Å². The van der Waals surface area contributed by atoms with E-state index in [4.69, 9.17) is 0 Å². The Morgan fingerprint density at radius 1 is 1.53 bits per heavy atom. The summed E-state index contributed by atoms with van der Waals surface area (Å²) in [6, 6.07) is 0. The summed E-state index contributed by atoms with van der Waals surface area (Å²) in [6.45, 7) is 1.08. The fraction of sp³-hybridized carbons (Fsp3) is 0.889. The molecule has 1 unspecified atom stereocenters. The summed E-state index contributed by atoms with van der Waals surface area (Å²) in [5.41, 5.74) is 0. The lowest BCUT2D eigenvalue weighted by Crippen LogP contribution is -2.47. The van der Waals surface area contributed by atoms with E-state index < -0.39 is 12.1 Å². The molecule has 1 heterocycles. The van der Waals surface area contributed by atoms with Crippen molar-refractivity contribution < 1.29 is 18.0 Å². The number of rotatable bonds is 2. The Hall–Kier alpha value is -0.780. The van der Waals surface area contributed by atoms with Crippen LogP contribution in [0.1, 0.15) is 12.8 Å². The Morgan fingerprint density at radius 2 is 2.20 bits per heavy atom. The van der Waals surface area contributed by atoms with Gasteiger partial charge in [-0.3, -0.25) is 4.79 Å². The summed E-state index contributed by atoms with van der Waals surface area (Å²) in [5.74, 6) is -1.57. The smallest absolute Gasteiger partial charge is 0.335 e. The molecule has 0 aliphatic carbocycles. The van der Waals surface area contributed by atoms with Crippen molar-refractivity contribution in [2.75, 3.05) is 26.7 Å². The van der Waals surface area contributed by atoms with Gasteiger partial charge in [0.2, 0.25) is 0 Å². The second-order valence-corrected chi connectivity index (χ2v) is 3.81. The Labute approximate surface area is 86.6 Å². The Balaban J connectivity index is 2.52. The molecule has 0 aromatic carbocycles. The first-order valence-corrected chi connectivity index (χ1v) is 4.96. The molecule has 1 rings (SSSR count). The Kier molecular flexibility index (Phi) is 3.96. The zero-order chi connectivity index (χ0) is 11.5. The van der Waals surface area contributed by atoms with E-state index in [2.05, 4.69) is 5.32 Å². The minimum Gasteiger partial charge on any atom is -0.335 e. The molecule has 88 valence electrons. The molecule has 1 atom stereocenters. The predicted molar refractivity (Wildman–Crippen MR) is 49.3 cm³/mol. The number of carbonyl (C=O) groups excluding carboxylic acids is 1. The number of nitrogens with one attached hydrogen (secondary N) is 1. The van der Waals surface area contributed by atoms with Crippen molar-refractivity contribution in [3.63, 3.8) is 0 Å². The summed E-state index contributed by atoms with van der Waals surface area (Å²) in [4.78, 5) is 11.9. The van der Waals surface area contributed by atoms with Gasteiger partial charge in [0.15, 0.2) is 0 Å². The average molecular weight is 224 g/mol. The van der Waals surface area contributed by atoms with E-state index in [-0.39, 0.29) is 19.0 Å². The first-order valence-electron chi connectivity index (χ1n) is 4.96. The fourth-order valence-corrected chi connectivity index (χ4v) is 1.88. The maximum atomic E-state index is 12.1. The Bertz CT molecular complexity index is 228. The van der Waals surface area contributed by atoms with Gasteiger partial charge in [0.05, 0.1) is 0 Å². The maximum Gasteiger partial charge on any atom is 0.471 e. The third-order valence-electron chi connectivity index (χ3n) is 2.54. The number of nitrogens with zero attached hydrogens (tertiary/aromatic N) is 1. The van der Waals surface area contributed by atoms with Crippen LogP contribution in [0.4, 0.5) is 13.2 Å². The monoisotopic (exact) mass is 224 g/mol. The van der Waals surface area contributed by atoms with Gasteiger partial charge in [-0.1, -0.05) is 0 Å². The molecule has 1 N–H and O–H groups in total. The molecular formula is C9H15F3N2O. The number of piperidine rings is 1. The first-order chi connectivity index (χ1) is 6.95. The summed E-state index contributed by atoms with van der Waals surface area (Å²) in [6.07, 6.45) is -3.21. The van der Waals surface area contributed by atoms with Gasteiger partial charge in [0, 0.05) is 13.1 Å². The van der Waals surface area contributed by atoms with Crippen LogP contribution in [0.25, 0.3) is 0 Å². The van der Waals surface area contributed by atoms with E-state index in [0.29, 0.717) is 13.0 Å². The van der Waals surface area contributed by atoms with Gasteiger partial charge in [0.25, 0.3) is 0 Å². The number of hydrogen-bond acceptors (Lipinski definition) is 2. The fourth-order valence-electron chi connectivity index (χ4n) is 1.88. The molecule has 1 aliphatic rings. The highest BCUT2D eigenvalue weighted by molar-refractivity contribution is 5.81. The second-order valence-electron chi connectivity index (χ2n) is 3.81. The van der Waals surface area contributed by atoms with E-state index in [1.807, 2.05) is 0 Å². The minimum atomic E-state index is -4.73. The van der Waals surface area contributed by atoms with Crippen molar-refractivity contribution >= 4 is 5.91 Å². The Morgan fingerprint density at radius 3 is 2.73 bits per heavy atom. The van der Waals surface area contributed by atoms with Gasteiger partial charge in [-0.2, -0.15) is 13.2 Å². The molecule has 0 aromatic heterocycles. The third-order valence-corrected chi connectivity index (χ3v) is 2.54. The number of amides is 1. The lowest BCUT2D eigenvalue weighted by atomic mass is 9.98. The van der Waals surface area contributed by atoms with Crippen LogP contribution in [0.2, 0.25) is 0 Å². The van der Waals surface area contributed by atoms with Crippen molar-refractivity contribution in [1.29, 1.82) is 0 Å². The van der Waals surface area contributed by atoms with E-state index in [9.17, 15) is 18.0 Å². The molecular weight excluding hydrogens is 209 g/mol. The van der Waals surface area contributed by atoms with Crippen molar-refractivity contribution in [2.45, 2.75) is 19.0 Å². The van der Waals surface area contributed by atoms with Gasteiger partial charge in [-0.05, 0) is 32.4 Å². The van der Waals surface area contributed by atoms with E-state index in [1.165, 1.54) is 0 Å². The number of alkyl halides is 3. The van der Waals surface area contributed by atoms with E-state index in [0.717, 1.165) is 11.3 Å². The first kappa shape index (κ1) is 12.3. The van der Waals surface area contributed by atoms with Crippen LogP contribution in [0.3, 0.4) is 0 Å². The van der Waals surface area contributed by atoms with Gasteiger partial charge in [-0.15, -0.1) is 0 Å². The number of likely N-dealkylation sites (tertiary alicyclic amines) is 1. The molecule has 3 nitrogen and oxygen atoms in total. The largest absolute Gasteiger partial charge is 0.471 e. The summed E-state index contributed by atoms with van der Waals surface area (Å²) in [7, 11) is 1.75. The molecule has 0 saturated carbocycles. The standard InChI is InChI=1S/C9H15F3N2O/c1-13-5-7-3-2-4-14(6-7)8(15)9(10,11)12/h7,13H,2-6H2,1H3. The second kappa shape index (κ2) is 4.83. The number of hydrogen-bond donors (Lipinski definition) is 1. The molecule has 15 heavy (non-hydrogen) atoms. The van der Waals surface area contributed by atoms with Gasteiger partial charge in [0.1, 0.15) is 0 Å². The maximum absolute atomic E-state index is 12.1. The third kappa shape index (κ3) is 3.37. The van der Waals surface area contributed by atoms with Crippen molar-refractivity contribution in [1.82, 2.24) is 10.2 Å². The van der Waals surface area contributed by atoms with E-state index in [1.54, 1.807) is 7.05 Å². The average Bonchev–Trinajstić information content (AvgIpc) is 2.16. The highest BCUT2D eigenvalue weighted by Crippen LogP contribution is 2.23. The van der Waals surface area contributed by atoms with Gasteiger partial charge in [-0.25, -0.2) is 0 Å². The molecule has 1 saturated heterocycles. The summed E-state index contributed by atoms with van der Waals surface area (Å²) in [5, 5.41) is 2.92. The minimum absolute atomic E-state index is 0.134. The highest BCUT2D eigenvalue weighted by atomic mass is 19.4. The molecule has 0 bridgehead atoms. The van der Waals surface area contributed by atoms with Crippen LogP contribution < -0.4 is 5.32 Å².